The summed E-state index contributed by atoms with van der Waals surface area (Å²) in [6.45, 7) is 3.65. The van der Waals surface area contributed by atoms with Gasteiger partial charge in [0.05, 0.1) is 0 Å². The number of hydrogen-bond donors (Lipinski definition) is 2. The summed E-state index contributed by atoms with van der Waals surface area (Å²) in [5, 5.41) is 4.17. The number of anilines is 1. The molecule has 1 amide bonds. The molecule has 5 aromatic rings. The average molecular weight is 532 g/mol. The number of H-pyrrole nitrogens is 1. The topological polar surface area (TPSA) is 57.4 Å². The van der Waals surface area contributed by atoms with Gasteiger partial charge >= 0.3 is 0 Å². The molecule has 0 radical (unpaired) electrons. The van der Waals surface area contributed by atoms with Crippen LogP contribution in [0.15, 0.2) is 103 Å². The molecule has 0 aliphatic heterocycles. The number of fused-ring (bicyclic) bond motifs is 1. The van der Waals surface area contributed by atoms with E-state index in [1.165, 1.54) is 5.56 Å². The van der Waals surface area contributed by atoms with Gasteiger partial charge in [0.15, 0.2) is 0 Å². The number of hydrogen-bond acceptors (Lipinski definition) is 3. The molecule has 1 atom stereocenters. The lowest BCUT2D eigenvalue weighted by Gasteiger charge is -2.21. The standard InChI is InChI=1S/C35H37N3O2/c1-4-10-25-15-19-28(20-16-25)36-35(39)34-33(30-13-8-9-14-31(30)37-34)32(26-11-6-5-7-12-26)27-17-21-29(22-18-27)40-24-23-38(2)3/h5-9,11-22,32,37H,4,10,23-24H2,1-3H3,(H,36,39). The third-order valence-corrected chi connectivity index (χ3v) is 7.17. The summed E-state index contributed by atoms with van der Waals surface area (Å²) in [5.74, 6) is 0.528. The molecule has 0 spiro atoms. The van der Waals surface area contributed by atoms with Gasteiger partial charge < -0.3 is 19.9 Å². The molecule has 1 aromatic heterocycles. The Morgan fingerprint density at radius 1 is 0.850 bits per heavy atom. The van der Waals surface area contributed by atoms with Crippen molar-refractivity contribution in [2.75, 3.05) is 32.6 Å². The number of aryl methyl sites for hydroxylation is 1. The molecule has 5 rings (SSSR count). The largest absolute Gasteiger partial charge is 0.492 e. The minimum absolute atomic E-state index is 0.152. The van der Waals surface area contributed by atoms with Crippen molar-refractivity contribution in [2.24, 2.45) is 0 Å². The molecule has 5 heteroatoms. The normalized spacial score (nSPS) is 12.0. The predicted octanol–water partition coefficient (Wildman–Crippen LogP) is 7.49. The molecule has 0 bridgehead atoms. The lowest BCUT2D eigenvalue weighted by atomic mass is 9.83. The molecule has 1 heterocycles. The lowest BCUT2D eigenvalue weighted by Crippen LogP contribution is -2.19. The van der Waals surface area contributed by atoms with Crippen LogP contribution in [-0.4, -0.2) is 43.0 Å². The number of nitrogens with one attached hydrogen (secondary N) is 2. The Morgan fingerprint density at radius 3 is 2.23 bits per heavy atom. The van der Waals surface area contributed by atoms with Crippen molar-refractivity contribution in [2.45, 2.75) is 25.7 Å². The minimum Gasteiger partial charge on any atom is -0.492 e. The third kappa shape index (κ3) is 6.27. The first kappa shape index (κ1) is 27.2. The molecule has 1 unspecified atom stereocenters. The third-order valence-electron chi connectivity index (χ3n) is 7.17. The molecule has 2 N–H and O–H groups in total. The fourth-order valence-electron chi connectivity index (χ4n) is 5.15. The van der Waals surface area contributed by atoms with Crippen LogP contribution in [0.5, 0.6) is 5.75 Å². The smallest absolute Gasteiger partial charge is 0.272 e. The van der Waals surface area contributed by atoms with Crippen molar-refractivity contribution >= 4 is 22.5 Å². The van der Waals surface area contributed by atoms with Gasteiger partial charge in [-0.25, -0.2) is 0 Å². The molecule has 4 aromatic carbocycles. The van der Waals surface area contributed by atoms with Crippen LogP contribution in [0.4, 0.5) is 5.69 Å². The molecule has 0 aliphatic rings. The molecule has 5 nitrogen and oxygen atoms in total. The van der Waals surface area contributed by atoms with Crippen LogP contribution in [0.2, 0.25) is 0 Å². The highest BCUT2D eigenvalue weighted by molar-refractivity contribution is 6.08. The van der Waals surface area contributed by atoms with Crippen molar-refractivity contribution in [3.63, 3.8) is 0 Å². The number of aromatic amines is 1. The number of rotatable bonds is 11. The Hall–Kier alpha value is -4.35. The van der Waals surface area contributed by atoms with Crippen LogP contribution in [-0.2, 0) is 6.42 Å². The van der Waals surface area contributed by atoms with Crippen molar-refractivity contribution in [1.29, 1.82) is 0 Å². The average Bonchev–Trinajstić information content (AvgIpc) is 3.35. The maximum atomic E-state index is 13.8. The molecule has 0 fully saturated rings. The van der Waals surface area contributed by atoms with E-state index in [1.807, 2.05) is 74.8 Å². The summed E-state index contributed by atoms with van der Waals surface area (Å²) in [6, 6.07) is 34.9. The van der Waals surface area contributed by atoms with Gasteiger partial charge in [-0.15, -0.1) is 0 Å². The number of para-hydroxylation sites is 1. The molecule has 0 aliphatic carbocycles. The van der Waals surface area contributed by atoms with Gasteiger partial charge in [0, 0.05) is 34.6 Å². The van der Waals surface area contributed by atoms with Crippen LogP contribution in [0.1, 0.15) is 52.0 Å². The summed E-state index contributed by atoms with van der Waals surface area (Å²) in [4.78, 5) is 19.4. The fourth-order valence-corrected chi connectivity index (χ4v) is 5.15. The van der Waals surface area contributed by atoms with E-state index < -0.39 is 0 Å². The van der Waals surface area contributed by atoms with E-state index >= 15 is 0 Å². The Bertz CT molecular complexity index is 1540. The zero-order chi connectivity index (χ0) is 27.9. The van der Waals surface area contributed by atoms with Crippen LogP contribution in [0, 0.1) is 0 Å². The second-order valence-electron chi connectivity index (χ2n) is 10.4. The van der Waals surface area contributed by atoms with Crippen molar-refractivity contribution in [1.82, 2.24) is 9.88 Å². The highest BCUT2D eigenvalue weighted by atomic mass is 16.5. The van der Waals surface area contributed by atoms with Crippen molar-refractivity contribution in [3.8, 4) is 5.75 Å². The fraction of sp³-hybridized carbons (Fsp3) is 0.229. The number of benzene rings is 4. The van der Waals surface area contributed by atoms with E-state index in [-0.39, 0.29) is 11.8 Å². The molecule has 0 saturated heterocycles. The first-order valence-corrected chi connectivity index (χ1v) is 14.0. The van der Waals surface area contributed by atoms with Crippen molar-refractivity contribution < 1.29 is 9.53 Å². The summed E-state index contributed by atoms with van der Waals surface area (Å²) >= 11 is 0. The maximum Gasteiger partial charge on any atom is 0.272 e. The highest BCUT2D eigenvalue weighted by Crippen LogP contribution is 2.39. The Morgan fingerprint density at radius 2 is 1.52 bits per heavy atom. The van der Waals surface area contributed by atoms with E-state index in [4.69, 9.17) is 4.74 Å². The van der Waals surface area contributed by atoms with Gasteiger partial charge in [-0.05, 0) is 67.5 Å². The van der Waals surface area contributed by atoms with Gasteiger partial charge in [-0.2, -0.15) is 0 Å². The second-order valence-corrected chi connectivity index (χ2v) is 10.4. The number of likely N-dealkylation sites (N-methyl/N-ethyl adjacent to an activating group) is 1. The van der Waals surface area contributed by atoms with Gasteiger partial charge in [-0.1, -0.05) is 86.1 Å². The van der Waals surface area contributed by atoms with Crippen LogP contribution < -0.4 is 10.1 Å². The molecular formula is C35H37N3O2. The maximum absolute atomic E-state index is 13.8. The Balaban J connectivity index is 1.54. The van der Waals surface area contributed by atoms with Crippen LogP contribution >= 0.6 is 0 Å². The summed E-state index contributed by atoms with van der Waals surface area (Å²) in [6.07, 6.45) is 2.12. The van der Waals surface area contributed by atoms with Gasteiger partial charge in [-0.3, -0.25) is 4.79 Å². The zero-order valence-electron chi connectivity index (χ0n) is 23.5. The summed E-state index contributed by atoms with van der Waals surface area (Å²) in [5.41, 5.74) is 6.73. The summed E-state index contributed by atoms with van der Waals surface area (Å²) < 4.78 is 5.96. The lowest BCUT2D eigenvalue weighted by molar-refractivity contribution is 0.102. The van der Waals surface area contributed by atoms with Gasteiger partial charge in [0.2, 0.25) is 0 Å². The van der Waals surface area contributed by atoms with E-state index in [0.717, 1.165) is 58.4 Å². The molecule has 40 heavy (non-hydrogen) atoms. The van der Waals surface area contributed by atoms with Gasteiger partial charge in [0.1, 0.15) is 18.1 Å². The van der Waals surface area contributed by atoms with Gasteiger partial charge in [0.25, 0.3) is 5.91 Å². The first-order chi connectivity index (χ1) is 19.5. The predicted molar refractivity (Wildman–Crippen MR) is 165 cm³/mol. The highest BCUT2D eigenvalue weighted by Gasteiger charge is 2.27. The molecule has 204 valence electrons. The van der Waals surface area contributed by atoms with E-state index in [0.29, 0.717) is 12.3 Å². The number of carbonyl (C=O) groups excluding carboxylic acids is 1. The van der Waals surface area contributed by atoms with Crippen molar-refractivity contribution in [3.05, 3.63) is 131 Å². The van der Waals surface area contributed by atoms with E-state index in [9.17, 15) is 4.79 Å². The van der Waals surface area contributed by atoms with E-state index in [2.05, 4.69) is 64.6 Å². The quantitative estimate of drug-likeness (QED) is 0.186. The number of aromatic nitrogens is 1. The van der Waals surface area contributed by atoms with E-state index in [1.54, 1.807) is 0 Å². The monoisotopic (exact) mass is 531 g/mol. The Labute approximate surface area is 236 Å². The zero-order valence-corrected chi connectivity index (χ0v) is 23.5. The van der Waals surface area contributed by atoms with Crippen LogP contribution in [0.25, 0.3) is 10.9 Å². The minimum atomic E-state index is -0.154. The number of carbonyl (C=O) groups is 1. The number of ether oxygens (including phenoxy) is 1. The Kier molecular flexibility index (Phi) is 8.62. The first-order valence-electron chi connectivity index (χ1n) is 14.0. The summed E-state index contributed by atoms with van der Waals surface area (Å²) in [7, 11) is 4.07. The number of nitrogens with zero attached hydrogens (tertiary/aromatic N) is 1. The molecular weight excluding hydrogens is 494 g/mol. The van der Waals surface area contributed by atoms with Crippen LogP contribution in [0.3, 0.4) is 0 Å². The second kappa shape index (κ2) is 12.7. The SMILES string of the molecule is CCCc1ccc(NC(=O)c2[nH]c3ccccc3c2C(c2ccccc2)c2ccc(OCCN(C)C)cc2)cc1. The number of amides is 1. The molecule has 0 saturated carbocycles.